The molecule has 170 valence electrons. The quantitative estimate of drug-likeness (QED) is 0.317. The van der Waals surface area contributed by atoms with Gasteiger partial charge in [0, 0.05) is 21.6 Å². The Bertz CT molecular complexity index is 1380. The third kappa shape index (κ3) is 2.99. The van der Waals surface area contributed by atoms with E-state index >= 15 is 0 Å². The minimum Gasteiger partial charge on any atom is -0.274 e. The zero-order valence-electron chi connectivity index (χ0n) is 19.2. The molecule has 0 spiro atoms. The summed E-state index contributed by atoms with van der Waals surface area (Å²) in [5.41, 5.74) is 6.69. The maximum atomic E-state index is 13.9. The van der Waals surface area contributed by atoms with Crippen LogP contribution in [0.2, 0.25) is 0 Å². The van der Waals surface area contributed by atoms with E-state index in [0.29, 0.717) is 5.69 Å². The SMILES string of the molecule is Cc1ccc(Sc2ccc(N3C(=O)C4C5c6ccccc6C(c6ccccc65)C4C3=O)cc2)cc1. The molecular formula is C31H23NO2S. The lowest BCUT2D eigenvalue weighted by atomic mass is 9.55. The van der Waals surface area contributed by atoms with Crippen LogP contribution >= 0.6 is 11.8 Å². The summed E-state index contributed by atoms with van der Waals surface area (Å²) < 4.78 is 0. The van der Waals surface area contributed by atoms with Crippen LogP contribution in [-0.4, -0.2) is 11.8 Å². The van der Waals surface area contributed by atoms with E-state index in [4.69, 9.17) is 0 Å². The standard InChI is InChI=1S/C31H23NO2S/c1-18-10-14-20(15-11-18)35-21-16-12-19(13-17-21)32-30(33)28-26-22-6-2-3-7-23(22)27(29(28)31(32)34)25-9-5-4-8-24(25)26/h2-17,26-29H,1H3. The number of nitrogens with zero attached hydrogens (tertiary/aromatic N) is 1. The van der Waals surface area contributed by atoms with Crippen molar-refractivity contribution in [3.8, 4) is 0 Å². The Morgan fingerprint density at radius 3 is 1.40 bits per heavy atom. The Kier molecular flexibility index (Phi) is 4.55. The average Bonchev–Trinajstić information content (AvgIpc) is 3.16. The number of imide groups is 1. The molecule has 8 rings (SSSR count). The summed E-state index contributed by atoms with van der Waals surface area (Å²) in [6.07, 6.45) is 0. The van der Waals surface area contributed by atoms with Crippen molar-refractivity contribution in [2.75, 3.05) is 4.90 Å². The Morgan fingerprint density at radius 1 is 0.571 bits per heavy atom. The second kappa shape index (κ2) is 7.69. The van der Waals surface area contributed by atoms with E-state index in [1.807, 2.05) is 48.5 Å². The zero-order chi connectivity index (χ0) is 23.7. The van der Waals surface area contributed by atoms with Crippen LogP contribution in [0.15, 0.2) is 107 Å². The van der Waals surface area contributed by atoms with Crippen molar-refractivity contribution in [1.82, 2.24) is 0 Å². The highest BCUT2D eigenvalue weighted by molar-refractivity contribution is 7.99. The number of hydrogen-bond acceptors (Lipinski definition) is 3. The van der Waals surface area contributed by atoms with Crippen LogP contribution in [0.3, 0.4) is 0 Å². The lowest BCUT2D eigenvalue weighted by Gasteiger charge is -2.45. The van der Waals surface area contributed by atoms with Gasteiger partial charge >= 0.3 is 0 Å². The van der Waals surface area contributed by atoms with Crippen molar-refractivity contribution in [1.29, 1.82) is 0 Å². The average molecular weight is 474 g/mol. The van der Waals surface area contributed by atoms with Gasteiger partial charge in [-0.15, -0.1) is 0 Å². The molecule has 1 aliphatic heterocycles. The van der Waals surface area contributed by atoms with Crippen molar-refractivity contribution in [3.05, 3.63) is 125 Å². The minimum atomic E-state index is -0.348. The van der Waals surface area contributed by atoms with Crippen LogP contribution in [-0.2, 0) is 9.59 Å². The first kappa shape index (κ1) is 20.7. The van der Waals surface area contributed by atoms with Gasteiger partial charge in [0.15, 0.2) is 0 Å². The van der Waals surface area contributed by atoms with Crippen molar-refractivity contribution < 1.29 is 9.59 Å². The van der Waals surface area contributed by atoms with E-state index in [0.717, 1.165) is 9.79 Å². The van der Waals surface area contributed by atoms with E-state index in [9.17, 15) is 9.59 Å². The summed E-state index contributed by atoms with van der Waals surface area (Å²) in [7, 11) is 0. The monoisotopic (exact) mass is 473 g/mol. The Morgan fingerprint density at radius 2 is 0.971 bits per heavy atom. The third-order valence-electron chi connectivity index (χ3n) is 7.80. The Balaban J connectivity index is 1.25. The molecule has 2 amide bonds. The van der Waals surface area contributed by atoms with E-state index in [1.54, 1.807) is 11.8 Å². The number of carbonyl (C=O) groups excluding carboxylic acids is 2. The molecule has 1 saturated heterocycles. The normalized spacial score (nSPS) is 23.7. The highest BCUT2D eigenvalue weighted by Gasteiger charge is 2.61. The predicted molar refractivity (Wildman–Crippen MR) is 138 cm³/mol. The summed E-state index contributed by atoms with van der Waals surface area (Å²) in [5.74, 6) is -0.987. The topological polar surface area (TPSA) is 37.4 Å². The molecule has 2 bridgehead atoms. The fraction of sp³-hybridized carbons (Fsp3) is 0.161. The van der Waals surface area contributed by atoms with Crippen LogP contribution in [0.25, 0.3) is 0 Å². The highest BCUT2D eigenvalue weighted by atomic mass is 32.2. The molecule has 4 aromatic rings. The number of carbonyl (C=O) groups is 2. The van der Waals surface area contributed by atoms with Crippen LogP contribution in [0.5, 0.6) is 0 Å². The van der Waals surface area contributed by atoms with Crippen molar-refractivity contribution in [3.63, 3.8) is 0 Å². The number of amides is 2. The fourth-order valence-electron chi connectivity index (χ4n) is 6.34. The highest BCUT2D eigenvalue weighted by Crippen LogP contribution is 2.61. The molecule has 1 fully saturated rings. The molecule has 2 unspecified atom stereocenters. The summed E-state index contributed by atoms with van der Waals surface area (Å²) in [6.45, 7) is 2.08. The van der Waals surface area contributed by atoms with Gasteiger partial charge in [-0.05, 0) is 65.6 Å². The molecule has 4 aliphatic rings. The lowest BCUT2D eigenvalue weighted by Crippen LogP contribution is -2.41. The second-order valence-corrected chi connectivity index (χ2v) is 10.8. The first-order valence-corrected chi connectivity index (χ1v) is 12.8. The predicted octanol–water partition coefficient (Wildman–Crippen LogP) is 6.54. The number of rotatable bonds is 3. The lowest BCUT2D eigenvalue weighted by molar-refractivity contribution is -0.122. The zero-order valence-corrected chi connectivity index (χ0v) is 20.0. The maximum Gasteiger partial charge on any atom is 0.238 e. The van der Waals surface area contributed by atoms with Crippen LogP contribution < -0.4 is 4.90 Å². The molecule has 1 heterocycles. The van der Waals surface area contributed by atoms with E-state index in [2.05, 4.69) is 55.5 Å². The minimum absolute atomic E-state index is 0.0713. The Hall–Kier alpha value is -3.63. The van der Waals surface area contributed by atoms with Crippen molar-refractivity contribution >= 4 is 29.3 Å². The molecule has 4 heteroatoms. The smallest absolute Gasteiger partial charge is 0.238 e. The number of benzene rings is 4. The molecule has 0 N–H and O–H groups in total. The van der Waals surface area contributed by atoms with Gasteiger partial charge in [0.2, 0.25) is 11.8 Å². The largest absolute Gasteiger partial charge is 0.274 e. The van der Waals surface area contributed by atoms with Gasteiger partial charge < -0.3 is 0 Å². The molecule has 3 aliphatic carbocycles. The molecule has 2 atom stereocenters. The van der Waals surface area contributed by atoms with E-state index in [1.165, 1.54) is 32.7 Å². The van der Waals surface area contributed by atoms with Gasteiger partial charge in [0.1, 0.15) is 0 Å². The van der Waals surface area contributed by atoms with Gasteiger partial charge in [-0.2, -0.15) is 0 Å². The van der Waals surface area contributed by atoms with Gasteiger partial charge in [-0.1, -0.05) is 78.0 Å². The summed E-state index contributed by atoms with van der Waals surface area (Å²) >= 11 is 1.67. The van der Waals surface area contributed by atoms with Crippen LogP contribution in [0.4, 0.5) is 5.69 Å². The number of aryl methyl sites for hydroxylation is 1. The summed E-state index contributed by atoms with van der Waals surface area (Å²) in [4.78, 5) is 31.4. The van der Waals surface area contributed by atoms with E-state index in [-0.39, 0.29) is 35.5 Å². The number of hydrogen-bond donors (Lipinski definition) is 0. The Labute approximate surface area is 208 Å². The van der Waals surface area contributed by atoms with Gasteiger partial charge in [-0.25, -0.2) is 4.90 Å². The van der Waals surface area contributed by atoms with Gasteiger partial charge in [-0.3, -0.25) is 9.59 Å². The maximum absolute atomic E-state index is 13.9. The van der Waals surface area contributed by atoms with Crippen molar-refractivity contribution in [2.24, 2.45) is 11.8 Å². The second-order valence-electron chi connectivity index (χ2n) is 9.69. The molecule has 4 aromatic carbocycles. The van der Waals surface area contributed by atoms with Gasteiger partial charge in [0.05, 0.1) is 17.5 Å². The molecular weight excluding hydrogens is 450 g/mol. The molecule has 0 aromatic heterocycles. The van der Waals surface area contributed by atoms with Crippen molar-refractivity contribution in [2.45, 2.75) is 28.6 Å². The van der Waals surface area contributed by atoms with Crippen LogP contribution in [0, 0.1) is 18.8 Å². The third-order valence-corrected chi connectivity index (χ3v) is 8.82. The first-order chi connectivity index (χ1) is 17.1. The first-order valence-electron chi connectivity index (χ1n) is 12.0. The summed E-state index contributed by atoms with van der Waals surface area (Å²) in [5, 5.41) is 0. The molecule has 35 heavy (non-hydrogen) atoms. The van der Waals surface area contributed by atoms with Gasteiger partial charge in [0.25, 0.3) is 0 Å². The van der Waals surface area contributed by atoms with Crippen LogP contribution in [0.1, 0.15) is 39.7 Å². The van der Waals surface area contributed by atoms with E-state index < -0.39 is 0 Å². The number of anilines is 1. The molecule has 0 saturated carbocycles. The summed E-state index contributed by atoms with van der Waals surface area (Å²) in [6, 6.07) is 32.9. The molecule has 0 radical (unpaired) electrons. The fourth-order valence-corrected chi connectivity index (χ4v) is 7.15. The molecule has 3 nitrogen and oxygen atoms in total.